The minimum Gasteiger partial charge on any atom is -0.490 e. The Hall–Kier alpha value is -0.980. The first-order valence-electron chi connectivity index (χ1n) is 12.2. The van der Waals surface area contributed by atoms with Crippen LogP contribution < -0.4 is 4.74 Å². The first kappa shape index (κ1) is 24.3. The average molecular weight is 401 g/mol. The lowest BCUT2D eigenvalue weighted by Gasteiger charge is -2.31. The molecule has 1 aromatic rings. The summed E-state index contributed by atoms with van der Waals surface area (Å²) in [7, 11) is 0. The van der Waals surface area contributed by atoms with Crippen LogP contribution in [0.2, 0.25) is 0 Å². The summed E-state index contributed by atoms with van der Waals surface area (Å²) in [4.78, 5) is 0. The molecule has 1 nitrogen and oxygen atoms in total. The molecule has 0 N–H and O–H groups in total. The number of hydrogen-bond acceptors (Lipinski definition) is 1. The zero-order chi connectivity index (χ0) is 21.7. The van der Waals surface area contributed by atoms with Crippen LogP contribution in [-0.2, 0) is 0 Å². The van der Waals surface area contributed by atoms with Gasteiger partial charge in [-0.15, -0.1) is 0 Å². The highest BCUT2D eigenvalue weighted by Gasteiger charge is 2.26. The van der Waals surface area contributed by atoms with E-state index >= 15 is 0 Å². The highest BCUT2D eigenvalue weighted by Crippen LogP contribution is 2.37. The Labute approximate surface area is 182 Å². The Morgan fingerprint density at radius 1 is 0.828 bits per heavy atom. The molecule has 0 bridgehead atoms. The molecule has 0 spiro atoms. The minimum absolute atomic E-state index is 0.300. The number of rotatable bonds is 8. The van der Waals surface area contributed by atoms with E-state index in [1.165, 1.54) is 50.5 Å². The molecular formula is C28H48O. The van der Waals surface area contributed by atoms with E-state index in [9.17, 15) is 0 Å². The van der Waals surface area contributed by atoms with Crippen LogP contribution in [0.5, 0.6) is 5.75 Å². The second-order valence-corrected chi connectivity index (χ2v) is 12.4. The standard InChI is InChI=1S/C28H48O/c1-21(2)26(20-28(6,7)8)23-14-16-24(17-15-23)29-25(19-27(3,4)5)18-22-12-10-9-11-13-22/h14-17,21-22,25-26H,9-13,18-20H2,1-8H3. The molecule has 1 heteroatoms. The molecule has 1 saturated carbocycles. The van der Waals surface area contributed by atoms with E-state index in [-0.39, 0.29) is 0 Å². The molecular weight excluding hydrogens is 352 g/mol. The van der Waals surface area contributed by atoms with Crippen LogP contribution in [0.3, 0.4) is 0 Å². The van der Waals surface area contributed by atoms with Crippen molar-refractivity contribution in [2.75, 3.05) is 0 Å². The molecule has 0 saturated heterocycles. The van der Waals surface area contributed by atoms with Gasteiger partial charge in [0.2, 0.25) is 0 Å². The van der Waals surface area contributed by atoms with Crippen LogP contribution in [0, 0.1) is 22.7 Å². The molecule has 1 fully saturated rings. The lowest BCUT2D eigenvalue weighted by molar-refractivity contribution is 0.109. The first-order chi connectivity index (χ1) is 13.4. The zero-order valence-corrected chi connectivity index (χ0v) is 20.7. The van der Waals surface area contributed by atoms with Crippen LogP contribution in [0.15, 0.2) is 24.3 Å². The van der Waals surface area contributed by atoms with Crippen LogP contribution in [-0.4, -0.2) is 6.10 Å². The van der Waals surface area contributed by atoms with Crippen molar-refractivity contribution in [1.82, 2.24) is 0 Å². The molecule has 2 unspecified atom stereocenters. The maximum absolute atomic E-state index is 6.59. The molecule has 2 atom stereocenters. The van der Waals surface area contributed by atoms with Gasteiger partial charge in [-0.1, -0.05) is 99.6 Å². The second kappa shape index (κ2) is 10.4. The fourth-order valence-corrected chi connectivity index (χ4v) is 5.03. The zero-order valence-electron chi connectivity index (χ0n) is 20.7. The normalized spacial score (nSPS) is 18.7. The summed E-state index contributed by atoms with van der Waals surface area (Å²) in [6, 6.07) is 9.09. The first-order valence-corrected chi connectivity index (χ1v) is 12.2. The topological polar surface area (TPSA) is 9.23 Å². The van der Waals surface area contributed by atoms with Crippen molar-refractivity contribution < 1.29 is 4.74 Å². The molecule has 2 rings (SSSR count). The molecule has 166 valence electrons. The highest BCUT2D eigenvalue weighted by atomic mass is 16.5. The predicted octanol–water partition coefficient (Wildman–Crippen LogP) is 9.02. The molecule has 1 aliphatic rings. The van der Waals surface area contributed by atoms with Crippen molar-refractivity contribution in [3.8, 4) is 5.75 Å². The van der Waals surface area contributed by atoms with Gasteiger partial charge < -0.3 is 4.74 Å². The molecule has 0 aliphatic heterocycles. The van der Waals surface area contributed by atoms with Gasteiger partial charge in [0.25, 0.3) is 0 Å². The van der Waals surface area contributed by atoms with E-state index in [0.29, 0.717) is 28.8 Å². The Balaban J connectivity index is 2.08. The van der Waals surface area contributed by atoms with Crippen LogP contribution in [0.25, 0.3) is 0 Å². The van der Waals surface area contributed by atoms with Crippen molar-refractivity contribution in [3.05, 3.63) is 29.8 Å². The highest BCUT2D eigenvalue weighted by molar-refractivity contribution is 5.30. The van der Waals surface area contributed by atoms with Crippen LogP contribution in [0.4, 0.5) is 0 Å². The van der Waals surface area contributed by atoms with Gasteiger partial charge in [0.05, 0.1) is 6.10 Å². The van der Waals surface area contributed by atoms with Crippen LogP contribution >= 0.6 is 0 Å². The van der Waals surface area contributed by atoms with Gasteiger partial charge in [0.15, 0.2) is 0 Å². The van der Waals surface area contributed by atoms with Gasteiger partial charge in [-0.25, -0.2) is 0 Å². The third-order valence-electron chi connectivity index (χ3n) is 6.41. The largest absolute Gasteiger partial charge is 0.490 e. The maximum atomic E-state index is 6.59. The minimum atomic E-state index is 0.300. The Bertz CT molecular complexity index is 578. The lowest BCUT2D eigenvalue weighted by atomic mass is 9.76. The van der Waals surface area contributed by atoms with E-state index < -0.39 is 0 Å². The maximum Gasteiger partial charge on any atom is 0.119 e. The second-order valence-electron chi connectivity index (χ2n) is 12.4. The van der Waals surface area contributed by atoms with Crippen molar-refractivity contribution in [3.63, 3.8) is 0 Å². The van der Waals surface area contributed by atoms with Gasteiger partial charge in [0.1, 0.15) is 5.75 Å². The molecule has 0 radical (unpaired) electrons. The quantitative estimate of drug-likeness (QED) is 0.423. The van der Waals surface area contributed by atoms with Crippen molar-refractivity contribution in [2.45, 2.75) is 119 Å². The van der Waals surface area contributed by atoms with Gasteiger partial charge in [-0.05, 0) is 65.5 Å². The summed E-state index contributed by atoms with van der Waals surface area (Å²) in [5, 5.41) is 0. The summed E-state index contributed by atoms with van der Waals surface area (Å²) in [6.45, 7) is 18.8. The van der Waals surface area contributed by atoms with Gasteiger partial charge in [0, 0.05) is 0 Å². The van der Waals surface area contributed by atoms with E-state index in [4.69, 9.17) is 4.74 Å². The number of ether oxygens (including phenoxy) is 1. The third-order valence-corrected chi connectivity index (χ3v) is 6.41. The predicted molar refractivity (Wildman–Crippen MR) is 128 cm³/mol. The molecule has 1 aliphatic carbocycles. The third kappa shape index (κ3) is 9.14. The molecule has 1 aromatic carbocycles. The summed E-state index contributed by atoms with van der Waals surface area (Å²) >= 11 is 0. The van der Waals surface area contributed by atoms with Crippen molar-refractivity contribution >= 4 is 0 Å². The summed E-state index contributed by atoms with van der Waals surface area (Å²) in [5.74, 6) is 3.17. The van der Waals surface area contributed by atoms with Crippen molar-refractivity contribution in [2.24, 2.45) is 22.7 Å². The smallest absolute Gasteiger partial charge is 0.119 e. The van der Waals surface area contributed by atoms with Gasteiger partial charge >= 0.3 is 0 Å². The molecule has 0 heterocycles. The van der Waals surface area contributed by atoms with E-state index in [2.05, 4.69) is 79.7 Å². The molecule has 0 amide bonds. The molecule has 0 aromatic heterocycles. The SMILES string of the molecule is CC(C)C(CC(C)(C)C)c1ccc(OC(CC2CCCCC2)CC(C)(C)C)cc1. The monoisotopic (exact) mass is 400 g/mol. The number of hydrogen-bond donors (Lipinski definition) is 0. The van der Waals surface area contributed by atoms with Crippen molar-refractivity contribution in [1.29, 1.82) is 0 Å². The van der Waals surface area contributed by atoms with E-state index in [1.54, 1.807) is 0 Å². The Morgan fingerprint density at radius 3 is 1.86 bits per heavy atom. The Kier molecular flexibility index (Phi) is 8.68. The van der Waals surface area contributed by atoms with Gasteiger partial charge in [-0.2, -0.15) is 0 Å². The summed E-state index contributed by atoms with van der Waals surface area (Å²) in [5.41, 5.74) is 2.11. The fourth-order valence-electron chi connectivity index (χ4n) is 5.03. The fraction of sp³-hybridized carbons (Fsp3) is 0.786. The van der Waals surface area contributed by atoms with E-state index in [0.717, 1.165) is 18.1 Å². The lowest BCUT2D eigenvalue weighted by Crippen LogP contribution is -2.27. The number of benzene rings is 1. The molecule has 29 heavy (non-hydrogen) atoms. The van der Waals surface area contributed by atoms with E-state index in [1.807, 2.05) is 0 Å². The van der Waals surface area contributed by atoms with Crippen LogP contribution in [0.1, 0.15) is 118 Å². The van der Waals surface area contributed by atoms with Gasteiger partial charge in [-0.3, -0.25) is 0 Å². The summed E-state index contributed by atoms with van der Waals surface area (Å²) < 4.78 is 6.59. The summed E-state index contributed by atoms with van der Waals surface area (Å²) in [6.07, 6.45) is 10.9. The Morgan fingerprint density at radius 2 is 1.38 bits per heavy atom. The average Bonchev–Trinajstić information content (AvgIpc) is 2.59.